The quantitative estimate of drug-likeness (QED) is 0.0929. The third kappa shape index (κ3) is 6.51. The van der Waals surface area contributed by atoms with E-state index in [0.717, 1.165) is 44.3 Å². The van der Waals surface area contributed by atoms with Crippen LogP contribution in [0.5, 0.6) is 23.0 Å². The molecule has 7 nitrogen and oxygen atoms in total. The molecule has 4 aromatic heterocycles. The van der Waals surface area contributed by atoms with Crippen LogP contribution < -0.4 is 14.0 Å². The summed E-state index contributed by atoms with van der Waals surface area (Å²) in [5.41, 5.74) is 4.92. The van der Waals surface area contributed by atoms with Crippen molar-refractivity contribution < 1.29 is 54.9 Å². The average molecular weight is 806 g/mol. The van der Waals surface area contributed by atoms with E-state index in [-0.39, 0.29) is 40.8 Å². The molecule has 0 bridgehead atoms. The van der Waals surface area contributed by atoms with Gasteiger partial charge in [-0.1, -0.05) is 53.0 Å². The van der Waals surface area contributed by atoms with Crippen LogP contribution in [-0.4, -0.2) is 19.5 Å². The molecule has 0 radical (unpaired) electrons. The number of fused-ring (bicyclic) bond motifs is 3. The van der Waals surface area contributed by atoms with Gasteiger partial charge in [-0.25, -0.2) is 9.97 Å². The minimum absolute atomic E-state index is 0. The standard InChI is InChI=1S/C39H23N5O2.2Pd/c1-43-22-5-3-14-36(43)28-10-7-12-30(24-28)46-32-16-18-34-33-17-15-31(25-37(33)44(38(34)26-32)39-41-20-8-21-42-39)45-29-11-6-9-27(23-29)35-13-2-4-19-40-35;;/h2-22H,1H2;;/q-4;;+2. The maximum absolute atomic E-state index is 6.29. The SMILES string of the molecule is [CH2-][n+]1ccccc1-c1[c-]c(Oc2[c-]c3c(cc2)c2ccc(Oc4[c-]c(-c5ccccn5)ccc4)[c-]c2n3-c2ncccn2)ccc1.[Pd+2].[Pd]. The van der Waals surface area contributed by atoms with Crippen molar-refractivity contribution in [3.05, 3.63) is 159 Å². The van der Waals surface area contributed by atoms with Gasteiger partial charge >= 0.3 is 20.4 Å². The van der Waals surface area contributed by atoms with Crippen LogP contribution in [0.1, 0.15) is 0 Å². The predicted molar refractivity (Wildman–Crippen MR) is 174 cm³/mol. The molecule has 48 heavy (non-hydrogen) atoms. The van der Waals surface area contributed by atoms with Crippen molar-refractivity contribution >= 4 is 21.8 Å². The van der Waals surface area contributed by atoms with Gasteiger partial charge in [-0.15, -0.1) is 66.2 Å². The Bertz CT molecular complexity index is 2350. The van der Waals surface area contributed by atoms with Crippen molar-refractivity contribution in [2.45, 2.75) is 0 Å². The summed E-state index contributed by atoms with van der Waals surface area (Å²) in [5.74, 6) is 2.63. The number of benzene rings is 4. The molecule has 0 saturated carbocycles. The first kappa shape index (κ1) is 32.8. The van der Waals surface area contributed by atoms with Crippen molar-refractivity contribution in [1.29, 1.82) is 0 Å². The number of ether oxygens (including phenoxy) is 2. The molecule has 0 aliphatic heterocycles. The van der Waals surface area contributed by atoms with Gasteiger partial charge in [0, 0.05) is 69.1 Å². The zero-order valence-corrected chi connectivity index (χ0v) is 28.1. The minimum Gasteiger partial charge on any atom is -0.503 e. The zero-order valence-electron chi connectivity index (χ0n) is 25.0. The van der Waals surface area contributed by atoms with Crippen LogP contribution in [-0.2, 0) is 40.8 Å². The molecule has 0 atom stereocenters. The Morgan fingerprint density at radius 3 is 1.77 bits per heavy atom. The van der Waals surface area contributed by atoms with Crippen LogP contribution in [0.3, 0.4) is 0 Å². The summed E-state index contributed by atoms with van der Waals surface area (Å²) in [6.45, 7) is 0. The second-order valence-electron chi connectivity index (χ2n) is 10.4. The molecule has 0 aliphatic rings. The minimum atomic E-state index is 0. The molecule has 9 heteroatoms. The number of hydrogen-bond donors (Lipinski definition) is 0. The topological polar surface area (TPSA) is 65.9 Å². The Hall–Kier alpha value is -5.15. The van der Waals surface area contributed by atoms with Gasteiger partial charge < -0.3 is 23.6 Å². The first-order valence-electron chi connectivity index (χ1n) is 14.5. The van der Waals surface area contributed by atoms with E-state index in [0.29, 0.717) is 28.9 Å². The van der Waals surface area contributed by atoms with Crippen molar-refractivity contribution in [3.63, 3.8) is 0 Å². The van der Waals surface area contributed by atoms with E-state index in [2.05, 4.69) is 46.3 Å². The monoisotopic (exact) mass is 805 g/mol. The van der Waals surface area contributed by atoms with Crippen LogP contribution in [0.25, 0.3) is 50.3 Å². The molecule has 0 N–H and O–H groups in total. The number of pyridine rings is 2. The fraction of sp³-hybridized carbons (Fsp3) is 0. The van der Waals surface area contributed by atoms with Gasteiger partial charge in [-0.3, -0.25) is 0 Å². The number of aromatic nitrogens is 5. The molecule has 0 aliphatic carbocycles. The first-order valence-corrected chi connectivity index (χ1v) is 14.5. The Kier molecular flexibility index (Phi) is 9.78. The summed E-state index contributed by atoms with van der Waals surface area (Å²) in [4.78, 5) is 13.5. The predicted octanol–water partition coefficient (Wildman–Crippen LogP) is 8.01. The van der Waals surface area contributed by atoms with E-state index >= 15 is 0 Å². The van der Waals surface area contributed by atoms with Crippen molar-refractivity contribution in [3.8, 4) is 51.5 Å². The molecule has 8 rings (SSSR count). The number of rotatable bonds is 7. The second kappa shape index (κ2) is 14.3. The van der Waals surface area contributed by atoms with E-state index in [1.807, 2.05) is 108 Å². The Morgan fingerprint density at radius 2 is 1.15 bits per heavy atom. The molecule has 0 unspecified atom stereocenters. The van der Waals surface area contributed by atoms with Gasteiger partial charge in [-0.2, -0.15) is 22.9 Å². The Morgan fingerprint density at radius 1 is 0.562 bits per heavy atom. The molecule has 0 spiro atoms. The van der Waals surface area contributed by atoms with Crippen LogP contribution in [0.2, 0.25) is 0 Å². The van der Waals surface area contributed by atoms with Gasteiger partial charge in [0.25, 0.3) is 0 Å². The molecule has 0 fully saturated rings. The molecular formula is C39H23N5O2Pd2-2. The molecule has 4 heterocycles. The summed E-state index contributed by atoms with van der Waals surface area (Å²) in [5, 5.41) is 1.89. The maximum Gasteiger partial charge on any atom is 2.00 e. The van der Waals surface area contributed by atoms with E-state index in [9.17, 15) is 0 Å². The normalized spacial score (nSPS) is 10.7. The van der Waals surface area contributed by atoms with E-state index in [1.165, 1.54) is 0 Å². The van der Waals surface area contributed by atoms with Crippen LogP contribution in [0.15, 0.2) is 128 Å². The maximum atomic E-state index is 6.29. The van der Waals surface area contributed by atoms with Gasteiger partial charge in [0.2, 0.25) is 5.95 Å². The summed E-state index contributed by atoms with van der Waals surface area (Å²) in [6.07, 6.45) is 7.07. The van der Waals surface area contributed by atoms with E-state index < -0.39 is 0 Å². The molecule has 238 valence electrons. The van der Waals surface area contributed by atoms with E-state index in [1.54, 1.807) is 29.2 Å². The first-order chi connectivity index (χ1) is 22.7. The molecule has 0 saturated heterocycles. The summed E-state index contributed by atoms with van der Waals surface area (Å²) >= 11 is 0. The zero-order chi connectivity index (χ0) is 30.9. The van der Waals surface area contributed by atoms with Crippen LogP contribution >= 0.6 is 0 Å². The van der Waals surface area contributed by atoms with Gasteiger partial charge in [0.15, 0.2) is 0 Å². The van der Waals surface area contributed by atoms with Crippen molar-refractivity contribution in [2.75, 3.05) is 0 Å². The smallest absolute Gasteiger partial charge is 0.503 e. The Balaban J connectivity index is 0.00000201. The fourth-order valence-corrected chi connectivity index (χ4v) is 5.35. The van der Waals surface area contributed by atoms with Gasteiger partial charge in [-0.05, 0) is 23.9 Å². The van der Waals surface area contributed by atoms with Gasteiger partial charge in [0.05, 0.1) is 6.20 Å². The molecule has 8 aromatic rings. The van der Waals surface area contributed by atoms with Crippen molar-refractivity contribution in [1.82, 2.24) is 19.5 Å². The number of hydrogen-bond acceptors (Lipinski definition) is 5. The molecule has 4 aromatic carbocycles. The number of nitrogens with zero attached hydrogens (tertiary/aromatic N) is 5. The van der Waals surface area contributed by atoms with Crippen LogP contribution in [0, 0.1) is 31.3 Å². The largest absolute Gasteiger partial charge is 2.00 e. The van der Waals surface area contributed by atoms with Gasteiger partial charge in [0.1, 0.15) is 5.69 Å². The Labute approximate surface area is 305 Å². The average Bonchev–Trinajstić information content (AvgIpc) is 3.42. The van der Waals surface area contributed by atoms with Crippen molar-refractivity contribution in [2.24, 2.45) is 0 Å². The summed E-state index contributed by atoms with van der Waals surface area (Å²) in [6, 6.07) is 46.3. The second-order valence-corrected chi connectivity index (χ2v) is 10.4. The molecular weight excluding hydrogens is 783 g/mol. The summed E-state index contributed by atoms with van der Waals surface area (Å²) < 4.78 is 16.3. The van der Waals surface area contributed by atoms with E-state index in [4.69, 9.17) is 9.47 Å². The third-order valence-electron chi connectivity index (χ3n) is 7.42. The third-order valence-corrected chi connectivity index (χ3v) is 7.42. The fourth-order valence-electron chi connectivity index (χ4n) is 5.35. The van der Waals surface area contributed by atoms with Crippen LogP contribution in [0.4, 0.5) is 0 Å². The summed E-state index contributed by atoms with van der Waals surface area (Å²) in [7, 11) is 4.07. The molecule has 0 amide bonds.